The Labute approximate surface area is 213 Å². The van der Waals surface area contributed by atoms with E-state index >= 15 is 0 Å². The van der Waals surface area contributed by atoms with Gasteiger partial charge in [-0.05, 0) is 44.3 Å². The summed E-state index contributed by atoms with van der Waals surface area (Å²) >= 11 is 0. The van der Waals surface area contributed by atoms with Crippen molar-refractivity contribution in [2.45, 2.75) is 45.4 Å². The van der Waals surface area contributed by atoms with Crippen molar-refractivity contribution in [2.75, 3.05) is 36.2 Å². The molecule has 1 aliphatic carbocycles. The first-order valence-electron chi connectivity index (χ1n) is 17.5. The lowest BCUT2D eigenvalue weighted by Crippen LogP contribution is -2.43. The molecule has 9 nitrogen and oxygen atoms in total. The lowest BCUT2D eigenvalue weighted by Gasteiger charge is -2.29. The van der Waals surface area contributed by atoms with Crippen molar-refractivity contribution < 1.29 is 25.4 Å². The van der Waals surface area contributed by atoms with Crippen LogP contribution >= 0.6 is 0 Å². The molecule has 172 valence electrons. The highest BCUT2D eigenvalue weighted by Gasteiger charge is 2.25. The number of hydrogen-bond acceptors (Lipinski definition) is 8. The highest BCUT2D eigenvalue weighted by molar-refractivity contribution is 5.99. The number of Topliss-reactive ketones (excluding diaryl/α,β-unsaturated/α-hetero) is 1. The van der Waals surface area contributed by atoms with E-state index in [4.69, 9.17) is 20.6 Å². The predicted octanol–water partition coefficient (Wildman–Crippen LogP) is 2.97. The summed E-state index contributed by atoms with van der Waals surface area (Å²) in [6, 6.07) is 1.16. The second-order valence-corrected chi connectivity index (χ2v) is 7.29. The zero-order chi connectivity index (χ0) is 36.2. The van der Waals surface area contributed by atoms with Gasteiger partial charge in [0, 0.05) is 58.7 Å². The van der Waals surface area contributed by atoms with Crippen molar-refractivity contribution in [1.82, 2.24) is 24.8 Å². The highest BCUT2D eigenvalue weighted by atomic mass is 16.1. The summed E-state index contributed by atoms with van der Waals surface area (Å²) < 4.78 is 123. The minimum absolute atomic E-state index is 0.0563. The number of anilines is 3. The third kappa shape index (κ3) is 4.08. The Bertz CT molecular complexity index is 1820. The van der Waals surface area contributed by atoms with Crippen LogP contribution in [0.25, 0.3) is 11.0 Å². The number of nitrogens with zero attached hydrogens (tertiary/aromatic N) is 5. The number of aryl methyl sites for hydroxylation is 1. The standard InChI is InChI=1S/C24H29N7O2/c1-15-19-14-27-24(28-20-8-7-18(13-26-20)30-11-9-25-10-12-30)29-22(19)31(17-5-3-4-6-17)23(33)21(15)16(2)32/h7-8,13-14,17,25H,3-6,9-12H2,1-2H3,(H,26,27,28,29)/i1D3,3D2,4D2,9D2,10D2,11D2,12D2. The van der Waals surface area contributed by atoms with E-state index in [9.17, 15) is 9.59 Å². The molecule has 3 aromatic rings. The number of piperazine rings is 1. The SMILES string of the molecule is [2H]C([2H])([2H])c1c(C(C)=O)c(=O)n(C2CC([2H])([2H])C([2H])([2H])C2)c2nc(Nc3ccc(N4C([2H])([2H])C([2H])([2H])NC([2H])([2H])C4([2H])[2H])cn3)ncc12. The lowest BCUT2D eigenvalue weighted by atomic mass is 10.0. The van der Waals surface area contributed by atoms with E-state index in [1.165, 1.54) is 6.07 Å². The molecule has 2 fully saturated rings. The van der Waals surface area contributed by atoms with Gasteiger partial charge >= 0.3 is 0 Å². The van der Waals surface area contributed by atoms with Crippen LogP contribution in [-0.2, 0) is 0 Å². The fourth-order valence-electron chi connectivity index (χ4n) is 3.61. The van der Waals surface area contributed by atoms with E-state index in [2.05, 4.69) is 20.3 Å². The molecule has 0 amide bonds. The molecular formula is C24H29N7O2. The van der Waals surface area contributed by atoms with Gasteiger partial charge in [-0.2, -0.15) is 4.98 Å². The topological polar surface area (TPSA) is 105 Å². The smallest absolute Gasteiger partial charge is 0.263 e. The molecule has 1 saturated carbocycles. The van der Waals surface area contributed by atoms with E-state index in [-0.39, 0.29) is 28.5 Å². The van der Waals surface area contributed by atoms with Crippen LogP contribution in [0.3, 0.4) is 0 Å². The van der Waals surface area contributed by atoms with Gasteiger partial charge in [-0.1, -0.05) is 12.7 Å². The minimum Gasteiger partial charge on any atom is -0.368 e. The average Bonchev–Trinajstić information content (AvgIpc) is 3.12. The highest BCUT2D eigenvalue weighted by Crippen LogP contribution is 2.32. The van der Waals surface area contributed by atoms with Crippen LogP contribution < -0.4 is 21.1 Å². The van der Waals surface area contributed by atoms with E-state index in [0.717, 1.165) is 30.0 Å². The molecule has 0 atom stereocenters. The first kappa shape index (κ1) is 10.3. The number of carbonyl (C=O) groups excluding carboxylic acids is 1. The van der Waals surface area contributed by atoms with E-state index in [1.54, 1.807) is 5.32 Å². The number of rotatable bonds is 5. The van der Waals surface area contributed by atoms with Gasteiger partial charge in [-0.15, -0.1) is 0 Å². The normalized spacial score (nSPS) is 33.2. The van der Waals surface area contributed by atoms with Crippen LogP contribution in [0.4, 0.5) is 17.5 Å². The molecule has 1 aliphatic heterocycles. The van der Waals surface area contributed by atoms with Crippen molar-refractivity contribution in [2.24, 2.45) is 0 Å². The number of carbonyl (C=O) groups is 1. The maximum atomic E-state index is 13.8. The van der Waals surface area contributed by atoms with Crippen molar-refractivity contribution in [3.05, 3.63) is 46.0 Å². The number of aromatic nitrogens is 4. The molecule has 2 aliphatic rings. The van der Waals surface area contributed by atoms with Gasteiger partial charge in [0.2, 0.25) is 5.95 Å². The van der Waals surface area contributed by atoms with Crippen molar-refractivity contribution in [3.63, 3.8) is 0 Å². The van der Waals surface area contributed by atoms with Crippen molar-refractivity contribution in [1.29, 1.82) is 0 Å². The molecule has 5 rings (SSSR count). The molecule has 33 heavy (non-hydrogen) atoms. The number of ketones is 1. The Morgan fingerprint density at radius 3 is 2.67 bits per heavy atom. The molecule has 0 unspecified atom stereocenters. The van der Waals surface area contributed by atoms with Crippen molar-refractivity contribution >= 4 is 34.3 Å². The summed E-state index contributed by atoms with van der Waals surface area (Å²) in [6.07, 6.45) is -3.75. The summed E-state index contributed by atoms with van der Waals surface area (Å²) in [5.41, 5.74) is -3.05. The lowest BCUT2D eigenvalue weighted by molar-refractivity contribution is 0.101. The molecule has 0 spiro atoms. The largest absolute Gasteiger partial charge is 0.368 e. The van der Waals surface area contributed by atoms with Crippen LogP contribution in [-0.4, -0.2) is 51.3 Å². The van der Waals surface area contributed by atoms with Crippen LogP contribution in [0.5, 0.6) is 0 Å². The van der Waals surface area contributed by atoms with Crippen LogP contribution in [0.15, 0.2) is 29.3 Å². The first-order chi connectivity index (χ1) is 21.7. The summed E-state index contributed by atoms with van der Waals surface area (Å²) in [5, 5.41) is 4.20. The Morgan fingerprint density at radius 2 is 2.00 bits per heavy atom. The second kappa shape index (κ2) is 8.90. The third-order valence-electron chi connectivity index (χ3n) is 5.17. The van der Waals surface area contributed by atoms with Gasteiger partial charge in [0.05, 0.1) is 22.9 Å². The number of nitrogens with one attached hydrogen (secondary N) is 2. The summed E-state index contributed by atoms with van der Waals surface area (Å²) in [6.45, 7) is -14.3. The Kier molecular flexibility index (Phi) is 2.78. The van der Waals surface area contributed by atoms with Crippen molar-refractivity contribution in [3.8, 4) is 0 Å². The van der Waals surface area contributed by atoms with Gasteiger partial charge in [-0.25, -0.2) is 9.97 Å². The van der Waals surface area contributed by atoms with Gasteiger partial charge in [0.1, 0.15) is 11.5 Å². The quantitative estimate of drug-likeness (QED) is 0.558. The van der Waals surface area contributed by atoms with E-state index in [1.807, 2.05) is 0 Å². The number of hydrogen-bond donors (Lipinski definition) is 2. The predicted molar refractivity (Wildman–Crippen MR) is 129 cm³/mol. The molecule has 0 bridgehead atoms. The monoisotopic (exact) mass is 462 g/mol. The molecular weight excluding hydrogens is 418 g/mol. The van der Waals surface area contributed by atoms with Crippen LogP contribution in [0.2, 0.25) is 0 Å². The summed E-state index contributed by atoms with van der Waals surface area (Å²) in [4.78, 5) is 39.2. The minimum atomic E-state index is -3.10. The maximum Gasteiger partial charge on any atom is 0.263 e. The fraction of sp³-hybridized carbons (Fsp3) is 0.458. The van der Waals surface area contributed by atoms with Crippen LogP contribution in [0.1, 0.15) is 75.0 Å². The zero-order valence-electron chi connectivity index (χ0n) is 32.4. The third-order valence-corrected chi connectivity index (χ3v) is 5.17. The van der Waals surface area contributed by atoms with Gasteiger partial charge in [-0.3, -0.25) is 14.2 Å². The van der Waals surface area contributed by atoms with E-state index in [0.29, 0.717) is 4.90 Å². The van der Waals surface area contributed by atoms with Gasteiger partial charge in [0.15, 0.2) is 5.78 Å². The number of fused-ring (bicyclic) bond motifs is 1. The zero-order valence-corrected chi connectivity index (χ0v) is 17.4. The molecule has 1 saturated heterocycles. The number of pyridine rings is 2. The summed E-state index contributed by atoms with van der Waals surface area (Å²) in [5.74, 6) is -1.22. The molecule has 0 radical (unpaired) electrons. The Hall–Kier alpha value is -3.33. The summed E-state index contributed by atoms with van der Waals surface area (Å²) in [7, 11) is 0. The fourth-order valence-corrected chi connectivity index (χ4v) is 3.61. The average molecular weight is 463 g/mol. The maximum absolute atomic E-state index is 13.8. The molecule has 4 heterocycles. The van der Waals surface area contributed by atoms with Crippen LogP contribution in [0, 0.1) is 6.85 Å². The van der Waals surface area contributed by atoms with Gasteiger partial charge < -0.3 is 15.5 Å². The Balaban J connectivity index is 1.61. The molecule has 9 heteroatoms. The van der Waals surface area contributed by atoms with E-state index < -0.39 is 86.9 Å². The molecule has 2 N–H and O–H groups in total. The molecule has 0 aromatic carbocycles. The molecule has 3 aromatic heterocycles. The second-order valence-electron chi connectivity index (χ2n) is 7.29. The van der Waals surface area contributed by atoms with Gasteiger partial charge in [0.25, 0.3) is 5.56 Å². The Morgan fingerprint density at radius 1 is 1.21 bits per heavy atom. The first-order valence-corrected chi connectivity index (χ1v) is 9.96.